The first-order valence-corrected chi connectivity index (χ1v) is 15.7. The number of para-hydroxylation sites is 1. The highest BCUT2D eigenvalue weighted by molar-refractivity contribution is 6.09. The topological polar surface area (TPSA) is 44.9 Å². The van der Waals surface area contributed by atoms with Gasteiger partial charge in [-0.25, -0.2) is 9.67 Å². The molecule has 5 nitrogen and oxygen atoms in total. The first-order valence-electron chi connectivity index (χ1n) is 15.7. The molecular formula is C40H38N4O. The molecule has 0 N–H and O–H groups in total. The second-order valence-corrected chi connectivity index (χ2v) is 12.6. The lowest BCUT2D eigenvalue weighted by Crippen LogP contribution is -2.05. The number of hydrogen-bond acceptors (Lipinski definition) is 3. The van der Waals surface area contributed by atoms with E-state index in [9.17, 15) is 0 Å². The van der Waals surface area contributed by atoms with E-state index in [4.69, 9.17) is 14.8 Å². The summed E-state index contributed by atoms with van der Waals surface area (Å²) in [5.41, 5.74) is 10.2. The number of ether oxygens (including phenoxy) is 1. The van der Waals surface area contributed by atoms with E-state index in [1.165, 1.54) is 33.2 Å². The van der Waals surface area contributed by atoms with Crippen molar-refractivity contribution in [3.05, 3.63) is 132 Å². The van der Waals surface area contributed by atoms with Crippen molar-refractivity contribution in [2.45, 2.75) is 53.4 Å². The summed E-state index contributed by atoms with van der Waals surface area (Å²) in [4.78, 5) is 4.73. The molecule has 0 saturated heterocycles. The number of pyridine rings is 1. The Balaban J connectivity index is 1.34. The summed E-state index contributed by atoms with van der Waals surface area (Å²) in [5, 5.41) is 7.59. The highest BCUT2D eigenvalue weighted by atomic mass is 16.5. The first-order chi connectivity index (χ1) is 21.8. The molecule has 0 aliphatic rings. The minimum Gasteiger partial charge on any atom is -0.457 e. The molecular weight excluding hydrogens is 552 g/mol. The largest absolute Gasteiger partial charge is 0.457 e. The molecule has 3 heterocycles. The van der Waals surface area contributed by atoms with Gasteiger partial charge in [-0.05, 0) is 84.8 Å². The number of benzene rings is 4. The lowest BCUT2D eigenvalue weighted by atomic mass is 9.93. The second kappa shape index (κ2) is 11.4. The van der Waals surface area contributed by atoms with E-state index in [1.54, 1.807) is 0 Å². The van der Waals surface area contributed by atoms with Gasteiger partial charge < -0.3 is 4.74 Å². The molecule has 7 aromatic rings. The molecule has 5 heteroatoms. The number of fused-ring (bicyclic) bond motifs is 3. The number of nitrogens with zero attached hydrogens (tertiary/aromatic N) is 4. The van der Waals surface area contributed by atoms with Gasteiger partial charge in [0, 0.05) is 34.7 Å². The van der Waals surface area contributed by atoms with Gasteiger partial charge in [0.25, 0.3) is 0 Å². The van der Waals surface area contributed by atoms with Crippen molar-refractivity contribution in [1.29, 1.82) is 0 Å². The maximum absolute atomic E-state index is 6.63. The molecule has 4 aromatic carbocycles. The summed E-state index contributed by atoms with van der Waals surface area (Å²) >= 11 is 0. The van der Waals surface area contributed by atoms with E-state index in [-0.39, 0.29) is 11.8 Å². The maximum atomic E-state index is 6.63. The number of hydrogen-bond donors (Lipinski definition) is 0. The van der Waals surface area contributed by atoms with Crippen molar-refractivity contribution in [3.8, 4) is 34.1 Å². The Morgan fingerprint density at radius 1 is 0.644 bits per heavy atom. The lowest BCUT2D eigenvalue weighted by Gasteiger charge is -2.15. The van der Waals surface area contributed by atoms with E-state index in [1.807, 2.05) is 12.3 Å². The fourth-order valence-corrected chi connectivity index (χ4v) is 6.43. The standard InChI is InChI=1S/C40H38N4O/c1-25(2)39-38(29-12-8-7-9-13-29)40(26(3)4)44(42-39)30-20-28(6)21-32(23-30)45-31-16-17-34-33-14-10-11-15-35(33)43(36(34)24-31)37-22-27(5)18-19-41-37/h7-26H,1-6H3. The molecule has 3 aromatic heterocycles. The molecule has 0 bridgehead atoms. The molecule has 0 atom stereocenters. The average Bonchev–Trinajstić information content (AvgIpc) is 3.58. The summed E-state index contributed by atoms with van der Waals surface area (Å²) in [7, 11) is 0. The summed E-state index contributed by atoms with van der Waals surface area (Å²) in [6.45, 7) is 13.1. The molecule has 0 aliphatic heterocycles. The zero-order chi connectivity index (χ0) is 31.2. The summed E-state index contributed by atoms with van der Waals surface area (Å²) in [5.74, 6) is 2.99. The van der Waals surface area contributed by atoms with Gasteiger partial charge in [-0.15, -0.1) is 0 Å². The predicted octanol–water partition coefficient (Wildman–Crippen LogP) is 10.7. The van der Waals surface area contributed by atoms with E-state index in [2.05, 4.69) is 148 Å². The Labute approximate surface area is 264 Å². The molecule has 0 fully saturated rings. The zero-order valence-electron chi connectivity index (χ0n) is 26.7. The third-order valence-electron chi connectivity index (χ3n) is 8.40. The smallest absolute Gasteiger partial charge is 0.137 e. The molecule has 0 saturated carbocycles. The minimum absolute atomic E-state index is 0.268. The Kier molecular flexibility index (Phi) is 7.25. The van der Waals surface area contributed by atoms with Crippen LogP contribution in [0.4, 0.5) is 0 Å². The van der Waals surface area contributed by atoms with Crippen LogP contribution in [0.1, 0.15) is 62.0 Å². The zero-order valence-corrected chi connectivity index (χ0v) is 26.7. The molecule has 0 aliphatic carbocycles. The number of aryl methyl sites for hydroxylation is 2. The highest BCUT2D eigenvalue weighted by Crippen LogP contribution is 2.39. The second-order valence-electron chi connectivity index (χ2n) is 12.6. The third kappa shape index (κ3) is 5.18. The van der Waals surface area contributed by atoms with Gasteiger partial charge in [-0.3, -0.25) is 4.57 Å². The van der Waals surface area contributed by atoms with Crippen LogP contribution >= 0.6 is 0 Å². The highest BCUT2D eigenvalue weighted by Gasteiger charge is 2.24. The first kappa shape index (κ1) is 28.6. The predicted molar refractivity (Wildman–Crippen MR) is 185 cm³/mol. The normalized spacial score (nSPS) is 11.7. The van der Waals surface area contributed by atoms with Crippen LogP contribution in [-0.2, 0) is 0 Å². The third-order valence-corrected chi connectivity index (χ3v) is 8.40. The fourth-order valence-electron chi connectivity index (χ4n) is 6.43. The van der Waals surface area contributed by atoms with E-state index in [0.717, 1.165) is 45.3 Å². The van der Waals surface area contributed by atoms with Crippen LogP contribution in [0.2, 0.25) is 0 Å². The Morgan fingerprint density at radius 3 is 2.16 bits per heavy atom. The van der Waals surface area contributed by atoms with Crippen molar-refractivity contribution in [2.24, 2.45) is 0 Å². The van der Waals surface area contributed by atoms with E-state index < -0.39 is 0 Å². The van der Waals surface area contributed by atoms with Gasteiger partial charge in [0.2, 0.25) is 0 Å². The SMILES string of the molecule is Cc1cc(Oc2ccc3c4ccccc4n(-c4cc(C)ccn4)c3c2)cc(-n2nc(C(C)C)c(-c3ccccc3)c2C(C)C)c1. The quantitative estimate of drug-likeness (QED) is 0.185. The van der Waals surface area contributed by atoms with Crippen molar-refractivity contribution in [1.82, 2.24) is 19.3 Å². The van der Waals surface area contributed by atoms with Gasteiger partial charge >= 0.3 is 0 Å². The lowest BCUT2D eigenvalue weighted by molar-refractivity contribution is 0.482. The van der Waals surface area contributed by atoms with Crippen LogP contribution in [0, 0.1) is 13.8 Å². The maximum Gasteiger partial charge on any atom is 0.137 e. The van der Waals surface area contributed by atoms with Gasteiger partial charge in [-0.2, -0.15) is 5.10 Å². The molecule has 0 unspecified atom stereocenters. The number of aromatic nitrogens is 4. The van der Waals surface area contributed by atoms with Crippen LogP contribution in [0.15, 0.2) is 109 Å². The van der Waals surface area contributed by atoms with Crippen LogP contribution in [-0.4, -0.2) is 19.3 Å². The van der Waals surface area contributed by atoms with Crippen molar-refractivity contribution in [3.63, 3.8) is 0 Å². The van der Waals surface area contributed by atoms with Crippen LogP contribution in [0.25, 0.3) is 44.4 Å². The Bertz CT molecular complexity index is 2170. The minimum atomic E-state index is 0.268. The average molecular weight is 591 g/mol. The monoisotopic (exact) mass is 590 g/mol. The summed E-state index contributed by atoms with van der Waals surface area (Å²) in [6, 6.07) is 36.0. The summed E-state index contributed by atoms with van der Waals surface area (Å²) in [6.07, 6.45) is 1.87. The fraction of sp³-hybridized carbons (Fsp3) is 0.200. The Morgan fingerprint density at radius 2 is 1.40 bits per heavy atom. The van der Waals surface area contributed by atoms with Gasteiger partial charge in [0.05, 0.1) is 28.1 Å². The molecule has 0 spiro atoms. The molecule has 0 radical (unpaired) electrons. The molecule has 45 heavy (non-hydrogen) atoms. The van der Waals surface area contributed by atoms with E-state index in [0.29, 0.717) is 0 Å². The molecule has 7 rings (SSSR count). The number of rotatable bonds is 7. The molecule has 224 valence electrons. The van der Waals surface area contributed by atoms with Crippen LogP contribution in [0.5, 0.6) is 11.5 Å². The van der Waals surface area contributed by atoms with Gasteiger partial charge in [0.15, 0.2) is 0 Å². The van der Waals surface area contributed by atoms with E-state index >= 15 is 0 Å². The molecule has 0 amide bonds. The van der Waals surface area contributed by atoms with Crippen molar-refractivity contribution in [2.75, 3.05) is 0 Å². The van der Waals surface area contributed by atoms with Crippen molar-refractivity contribution >= 4 is 21.8 Å². The van der Waals surface area contributed by atoms with Gasteiger partial charge in [-0.1, -0.05) is 76.2 Å². The van der Waals surface area contributed by atoms with Crippen LogP contribution in [0.3, 0.4) is 0 Å². The van der Waals surface area contributed by atoms with Crippen LogP contribution < -0.4 is 4.74 Å². The van der Waals surface area contributed by atoms with Gasteiger partial charge in [0.1, 0.15) is 17.3 Å². The van der Waals surface area contributed by atoms with Crippen molar-refractivity contribution < 1.29 is 4.74 Å². The summed E-state index contributed by atoms with van der Waals surface area (Å²) < 4.78 is 11.0. The Hall–Kier alpha value is -5.16.